The molecule has 1 aliphatic rings. The number of likely N-dealkylation sites (N-methyl/N-ethyl adjacent to an activating group) is 1. The Morgan fingerprint density at radius 3 is 2.40 bits per heavy atom. The van der Waals surface area contributed by atoms with Crippen molar-refractivity contribution in [1.82, 2.24) is 4.90 Å². The topological polar surface area (TPSA) is 51.1 Å². The average Bonchev–Trinajstić information content (AvgIpc) is 3.01. The van der Waals surface area contributed by atoms with Crippen LogP contribution in [0, 0.1) is 5.82 Å². The number of ether oxygens (including phenoxy) is 2. The quantitative estimate of drug-likeness (QED) is 0.444. The van der Waals surface area contributed by atoms with Crippen molar-refractivity contribution < 1.29 is 18.7 Å². The van der Waals surface area contributed by atoms with Gasteiger partial charge >= 0.3 is 0 Å². The number of halogens is 2. The molecule has 1 fully saturated rings. The lowest BCUT2D eigenvalue weighted by Gasteiger charge is -2.13. The Hall–Kier alpha value is -2.32. The lowest BCUT2D eigenvalue weighted by molar-refractivity contribution is -0.122. The zero-order valence-corrected chi connectivity index (χ0v) is 19.3. The number of rotatable bonds is 7. The molecule has 0 aliphatic carbocycles. The molecule has 158 valence electrons. The third kappa shape index (κ3) is 5.05. The van der Waals surface area contributed by atoms with Crippen molar-refractivity contribution in [3.05, 3.63) is 57.2 Å². The molecular formula is C22H22BrFN2O3S. The third-order valence-corrected chi connectivity index (χ3v) is 5.83. The molecule has 0 N–H and O–H groups in total. The first kappa shape index (κ1) is 22.4. The predicted molar refractivity (Wildman–Crippen MR) is 123 cm³/mol. The summed E-state index contributed by atoms with van der Waals surface area (Å²) in [5.74, 6) is 0.863. The maximum atomic E-state index is 13.2. The highest BCUT2D eigenvalue weighted by atomic mass is 79.9. The van der Waals surface area contributed by atoms with E-state index in [-0.39, 0.29) is 11.7 Å². The minimum atomic E-state index is -0.327. The molecule has 30 heavy (non-hydrogen) atoms. The van der Waals surface area contributed by atoms with E-state index in [1.165, 1.54) is 23.9 Å². The maximum absolute atomic E-state index is 13.2. The molecule has 2 aromatic carbocycles. The highest BCUT2D eigenvalue weighted by Gasteiger charge is 2.32. The van der Waals surface area contributed by atoms with Crippen molar-refractivity contribution in [3.63, 3.8) is 0 Å². The zero-order valence-electron chi connectivity index (χ0n) is 16.9. The number of hydrogen-bond acceptors (Lipinski definition) is 5. The summed E-state index contributed by atoms with van der Waals surface area (Å²) < 4.78 is 25.3. The van der Waals surface area contributed by atoms with Crippen LogP contribution in [-0.2, 0) is 4.79 Å². The van der Waals surface area contributed by atoms with Crippen LogP contribution < -0.4 is 9.47 Å². The molecule has 0 aromatic heterocycles. The fraction of sp³-hybridized carbons (Fsp3) is 0.273. The number of carbonyl (C=O) groups is 1. The normalized spacial score (nSPS) is 16.6. The van der Waals surface area contributed by atoms with E-state index in [2.05, 4.69) is 20.9 Å². The van der Waals surface area contributed by atoms with Gasteiger partial charge in [0.25, 0.3) is 5.91 Å². The van der Waals surface area contributed by atoms with Crippen molar-refractivity contribution >= 4 is 50.5 Å². The molecule has 3 rings (SSSR count). The molecule has 1 amide bonds. The Morgan fingerprint density at radius 1 is 1.10 bits per heavy atom. The van der Waals surface area contributed by atoms with Gasteiger partial charge in [-0.15, -0.1) is 0 Å². The molecule has 1 heterocycles. The Morgan fingerprint density at radius 2 is 1.77 bits per heavy atom. The number of thioether (sulfide) groups is 1. The first-order valence-electron chi connectivity index (χ1n) is 9.61. The van der Waals surface area contributed by atoms with Gasteiger partial charge in [-0.3, -0.25) is 9.69 Å². The summed E-state index contributed by atoms with van der Waals surface area (Å²) in [4.78, 5) is 19.6. The van der Waals surface area contributed by atoms with E-state index in [9.17, 15) is 9.18 Å². The van der Waals surface area contributed by atoms with Gasteiger partial charge in [0.2, 0.25) is 0 Å². The van der Waals surface area contributed by atoms with E-state index in [0.29, 0.717) is 47.0 Å². The minimum absolute atomic E-state index is 0.129. The average molecular weight is 493 g/mol. The van der Waals surface area contributed by atoms with Crippen molar-refractivity contribution in [2.24, 2.45) is 4.99 Å². The van der Waals surface area contributed by atoms with Crippen LogP contribution in [0.1, 0.15) is 26.3 Å². The van der Waals surface area contributed by atoms with Crippen LogP contribution in [0.15, 0.2) is 50.8 Å². The molecule has 2 aromatic rings. The lowest BCUT2D eigenvalue weighted by Crippen LogP contribution is -2.28. The van der Waals surface area contributed by atoms with Crippen LogP contribution >= 0.6 is 27.7 Å². The highest BCUT2D eigenvalue weighted by molar-refractivity contribution is 9.10. The molecule has 0 saturated carbocycles. The molecule has 0 atom stereocenters. The fourth-order valence-corrected chi connectivity index (χ4v) is 4.38. The van der Waals surface area contributed by atoms with Crippen LogP contribution in [0.2, 0.25) is 0 Å². The second-order valence-corrected chi connectivity index (χ2v) is 8.08. The standard InChI is InChI=1S/C22H22BrFN2O3S/c1-4-26-21(27)20(30-22(26)25-16-9-7-15(24)8-10-16)12-14-11-17(23)19(29-6-3)13-18(14)28-5-2/h7-13H,4-6H2,1-3H3/b20-12+,25-22?. The predicted octanol–water partition coefficient (Wildman–Crippen LogP) is 6.01. The van der Waals surface area contributed by atoms with E-state index in [1.54, 1.807) is 23.1 Å². The first-order chi connectivity index (χ1) is 14.5. The van der Waals surface area contributed by atoms with Gasteiger partial charge in [-0.25, -0.2) is 9.38 Å². The van der Waals surface area contributed by atoms with Crippen LogP contribution in [-0.4, -0.2) is 35.7 Å². The van der Waals surface area contributed by atoms with Gasteiger partial charge in [0.05, 0.1) is 28.3 Å². The number of amides is 1. The molecule has 0 unspecified atom stereocenters. The fourth-order valence-electron chi connectivity index (χ4n) is 2.85. The second-order valence-electron chi connectivity index (χ2n) is 6.22. The van der Waals surface area contributed by atoms with Crippen molar-refractivity contribution in [3.8, 4) is 11.5 Å². The molecule has 5 nitrogen and oxygen atoms in total. The van der Waals surface area contributed by atoms with Crippen LogP contribution in [0.25, 0.3) is 6.08 Å². The van der Waals surface area contributed by atoms with Gasteiger partial charge in [0.1, 0.15) is 17.3 Å². The number of nitrogens with zero attached hydrogens (tertiary/aromatic N) is 2. The van der Waals surface area contributed by atoms with Crippen molar-refractivity contribution in [2.75, 3.05) is 19.8 Å². The summed E-state index contributed by atoms with van der Waals surface area (Å²) in [5.41, 5.74) is 1.35. The van der Waals surface area contributed by atoms with E-state index < -0.39 is 0 Å². The van der Waals surface area contributed by atoms with Gasteiger partial charge in [-0.1, -0.05) is 0 Å². The van der Waals surface area contributed by atoms with E-state index in [0.717, 1.165) is 10.0 Å². The van der Waals surface area contributed by atoms with Gasteiger partial charge in [0.15, 0.2) is 5.17 Å². The van der Waals surface area contributed by atoms with Crippen LogP contribution in [0.5, 0.6) is 11.5 Å². The first-order valence-corrected chi connectivity index (χ1v) is 11.2. The summed E-state index contributed by atoms with van der Waals surface area (Å²) in [5, 5.41) is 0.559. The molecule has 0 spiro atoms. The molecule has 1 saturated heterocycles. The molecule has 8 heteroatoms. The summed E-state index contributed by atoms with van der Waals surface area (Å²) in [7, 11) is 0. The number of benzene rings is 2. The number of aliphatic imine (C=N–C) groups is 1. The zero-order chi connectivity index (χ0) is 21.7. The summed E-state index contributed by atoms with van der Waals surface area (Å²) >= 11 is 4.80. The number of hydrogen-bond donors (Lipinski definition) is 0. The SMILES string of the molecule is CCOc1cc(OCC)c(/C=C2/SC(=Nc3ccc(F)cc3)N(CC)C2=O)cc1Br. The van der Waals surface area contributed by atoms with Crippen molar-refractivity contribution in [1.29, 1.82) is 0 Å². The van der Waals surface area contributed by atoms with E-state index >= 15 is 0 Å². The monoisotopic (exact) mass is 492 g/mol. The van der Waals surface area contributed by atoms with Gasteiger partial charge in [-0.05, 0) is 84.9 Å². The smallest absolute Gasteiger partial charge is 0.266 e. The van der Waals surface area contributed by atoms with Crippen LogP contribution in [0.4, 0.5) is 10.1 Å². The lowest BCUT2D eigenvalue weighted by atomic mass is 10.1. The summed E-state index contributed by atoms with van der Waals surface area (Å²) in [6.07, 6.45) is 1.80. The Bertz CT molecular complexity index is 993. The second kappa shape index (κ2) is 10.1. The molecule has 1 aliphatic heterocycles. The highest BCUT2D eigenvalue weighted by Crippen LogP contribution is 2.38. The number of amidine groups is 1. The Kier molecular flexibility index (Phi) is 7.55. The van der Waals surface area contributed by atoms with Gasteiger partial charge in [-0.2, -0.15) is 0 Å². The molecular weight excluding hydrogens is 471 g/mol. The summed E-state index contributed by atoms with van der Waals surface area (Å²) in [6, 6.07) is 9.56. The third-order valence-electron chi connectivity index (χ3n) is 4.21. The number of carbonyl (C=O) groups excluding carboxylic acids is 1. The Balaban J connectivity index is 1.98. The maximum Gasteiger partial charge on any atom is 0.266 e. The Labute approximate surface area is 188 Å². The largest absolute Gasteiger partial charge is 0.493 e. The molecule has 0 bridgehead atoms. The van der Waals surface area contributed by atoms with Gasteiger partial charge < -0.3 is 9.47 Å². The minimum Gasteiger partial charge on any atom is -0.493 e. The van der Waals surface area contributed by atoms with Crippen molar-refractivity contribution in [2.45, 2.75) is 20.8 Å². The van der Waals surface area contributed by atoms with E-state index in [1.807, 2.05) is 32.9 Å². The summed E-state index contributed by atoms with van der Waals surface area (Å²) in [6.45, 7) is 7.21. The van der Waals surface area contributed by atoms with E-state index in [4.69, 9.17) is 9.47 Å². The molecule has 0 radical (unpaired) electrons. The van der Waals surface area contributed by atoms with Crippen LogP contribution in [0.3, 0.4) is 0 Å². The van der Waals surface area contributed by atoms with Gasteiger partial charge in [0, 0.05) is 18.2 Å².